The van der Waals surface area contributed by atoms with E-state index in [9.17, 15) is 0 Å². The molecule has 0 saturated carbocycles. The van der Waals surface area contributed by atoms with Gasteiger partial charge in [0.25, 0.3) is 0 Å². The Bertz CT molecular complexity index is 1340. The first kappa shape index (κ1) is 20.7. The number of hydrogen-bond acceptors (Lipinski definition) is 6. The largest absolute Gasteiger partial charge is 0.462 e. The van der Waals surface area contributed by atoms with Crippen molar-refractivity contribution in [1.29, 1.82) is 0 Å². The second-order valence-corrected chi connectivity index (χ2v) is 8.71. The van der Waals surface area contributed by atoms with Gasteiger partial charge in [0.2, 0.25) is 6.79 Å². The molecule has 34 heavy (non-hydrogen) atoms. The fourth-order valence-corrected chi connectivity index (χ4v) is 4.84. The summed E-state index contributed by atoms with van der Waals surface area (Å²) in [5, 5.41) is 4.63. The Hall–Kier alpha value is -3.90. The number of rotatable bonds is 6. The minimum Gasteiger partial charge on any atom is -0.462 e. The van der Waals surface area contributed by atoms with Crippen molar-refractivity contribution >= 4 is 22.4 Å². The third-order valence-electron chi connectivity index (χ3n) is 6.56. The maximum absolute atomic E-state index is 5.83. The fourth-order valence-electron chi connectivity index (χ4n) is 4.84. The molecule has 4 aromatic rings. The second kappa shape index (κ2) is 9.15. The van der Waals surface area contributed by atoms with Crippen LogP contribution in [-0.4, -0.2) is 34.2 Å². The van der Waals surface area contributed by atoms with E-state index in [4.69, 9.17) is 9.47 Å². The summed E-state index contributed by atoms with van der Waals surface area (Å²) in [4.78, 5) is 11.7. The predicted octanol–water partition coefficient (Wildman–Crippen LogP) is 5.19. The third-order valence-corrected chi connectivity index (χ3v) is 6.56. The zero-order chi connectivity index (χ0) is 22.7. The van der Waals surface area contributed by atoms with Crippen molar-refractivity contribution in [2.24, 2.45) is 0 Å². The molecule has 6 nitrogen and oxygen atoms in total. The van der Waals surface area contributed by atoms with Crippen molar-refractivity contribution in [3.05, 3.63) is 108 Å². The summed E-state index contributed by atoms with van der Waals surface area (Å²) < 4.78 is 11.2. The maximum atomic E-state index is 5.83. The van der Waals surface area contributed by atoms with Gasteiger partial charge in [-0.15, -0.1) is 0 Å². The first-order chi connectivity index (χ1) is 16.8. The highest BCUT2D eigenvalue weighted by molar-refractivity contribution is 5.82. The Labute approximate surface area is 198 Å². The summed E-state index contributed by atoms with van der Waals surface area (Å²) in [5.41, 5.74) is 5.78. The van der Waals surface area contributed by atoms with E-state index in [1.165, 1.54) is 16.7 Å². The number of para-hydroxylation sites is 1. The van der Waals surface area contributed by atoms with Gasteiger partial charge in [-0.3, -0.25) is 9.88 Å². The lowest BCUT2D eigenvalue weighted by atomic mass is 9.96. The van der Waals surface area contributed by atoms with Gasteiger partial charge in [0.1, 0.15) is 12.1 Å². The van der Waals surface area contributed by atoms with Crippen molar-refractivity contribution in [2.45, 2.75) is 25.4 Å². The lowest BCUT2D eigenvalue weighted by Gasteiger charge is -2.36. The molecule has 2 aliphatic rings. The number of hydrogen-bond donors (Lipinski definition) is 1. The van der Waals surface area contributed by atoms with Gasteiger partial charge < -0.3 is 14.8 Å². The zero-order valence-corrected chi connectivity index (χ0v) is 18.9. The van der Waals surface area contributed by atoms with Crippen molar-refractivity contribution < 1.29 is 9.47 Å². The number of aromatic nitrogens is 2. The molecule has 0 fully saturated rings. The van der Waals surface area contributed by atoms with Crippen LogP contribution < -0.4 is 5.32 Å². The Morgan fingerprint density at radius 2 is 1.88 bits per heavy atom. The van der Waals surface area contributed by atoms with E-state index in [0.717, 1.165) is 54.1 Å². The summed E-state index contributed by atoms with van der Waals surface area (Å²) in [6.07, 6.45) is 7.32. The van der Waals surface area contributed by atoms with E-state index in [-0.39, 0.29) is 6.04 Å². The van der Waals surface area contributed by atoms with Gasteiger partial charge in [-0.05, 0) is 42.2 Å². The van der Waals surface area contributed by atoms with Gasteiger partial charge in [0, 0.05) is 30.2 Å². The summed E-state index contributed by atoms with van der Waals surface area (Å²) in [5.74, 6) is 1.82. The summed E-state index contributed by atoms with van der Waals surface area (Å²) in [6, 6.07) is 23.1. The molecule has 2 aromatic carbocycles. The molecule has 2 aromatic heterocycles. The van der Waals surface area contributed by atoms with E-state index >= 15 is 0 Å². The second-order valence-electron chi connectivity index (χ2n) is 8.71. The van der Waals surface area contributed by atoms with Crippen LogP contribution in [0.2, 0.25) is 0 Å². The van der Waals surface area contributed by atoms with Crippen molar-refractivity contribution in [2.75, 3.05) is 18.7 Å². The lowest BCUT2D eigenvalue weighted by molar-refractivity contribution is 0.0566. The Kier molecular flexibility index (Phi) is 5.57. The fraction of sp³-hybridized carbons (Fsp3) is 0.214. The van der Waals surface area contributed by atoms with Crippen LogP contribution in [0.15, 0.2) is 91.1 Å². The van der Waals surface area contributed by atoms with Crippen LogP contribution in [0.25, 0.3) is 10.9 Å². The highest BCUT2D eigenvalue weighted by Crippen LogP contribution is 2.31. The van der Waals surface area contributed by atoms with E-state index < -0.39 is 0 Å². The summed E-state index contributed by atoms with van der Waals surface area (Å²) in [7, 11) is 0. The average molecular weight is 451 g/mol. The smallest absolute Gasteiger partial charge is 0.229 e. The molecule has 1 atom stereocenters. The van der Waals surface area contributed by atoms with E-state index in [1.54, 1.807) is 6.26 Å². The van der Waals surface area contributed by atoms with Gasteiger partial charge >= 0.3 is 0 Å². The number of benzene rings is 2. The number of nitrogens with zero attached hydrogens (tertiary/aromatic N) is 3. The maximum Gasteiger partial charge on any atom is 0.229 e. The first-order valence-corrected chi connectivity index (χ1v) is 11.6. The lowest BCUT2D eigenvalue weighted by Crippen LogP contribution is -2.42. The van der Waals surface area contributed by atoms with Crippen LogP contribution in [0.5, 0.6) is 0 Å². The van der Waals surface area contributed by atoms with Crippen LogP contribution in [0.3, 0.4) is 0 Å². The molecule has 0 amide bonds. The van der Waals surface area contributed by atoms with Gasteiger partial charge in [-0.2, -0.15) is 0 Å². The van der Waals surface area contributed by atoms with Gasteiger partial charge in [-0.25, -0.2) is 4.98 Å². The minimum atomic E-state index is 0.132. The molecule has 170 valence electrons. The van der Waals surface area contributed by atoms with E-state index in [1.807, 2.05) is 30.6 Å². The summed E-state index contributed by atoms with van der Waals surface area (Å²) >= 11 is 0. The molecule has 6 heteroatoms. The molecule has 1 unspecified atom stereocenters. The van der Waals surface area contributed by atoms with Crippen LogP contribution in [-0.2, 0) is 28.9 Å². The Morgan fingerprint density at radius 3 is 2.76 bits per heavy atom. The molecule has 0 saturated heterocycles. The SMILES string of the molecule is C1=C(C(Cc2ccccc2)N2CCc3c(ccnc3Nc3cnc4ccccc4c3)C2)OCO1. The van der Waals surface area contributed by atoms with Gasteiger partial charge in [0.15, 0.2) is 5.76 Å². The van der Waals surface area contributed by atoms with E-state index in [2.05, 4.69) is 68.7 Å². The molecule has 0 bridgehead atoms. The van der Waals surface area contributed by atoms with Crippen molar-refractivity contribution in [1.82, 2.24) is 14.9 Å². The normalized spacial score (nSPS) is 16.3. The predicted molar refractivity (Wildman–Crippen MR) is 132 cm³/mol. The minimum absolute atomic E-state index is 0.132. The number of ether oxygens (including phenoxy) is 2. The van der Waals surface area contributed by atoms with Crippen molar-refractivity contribution in [3.63, 3.8) is 0 Å². The Morgan fingerprint density at radius 1 is 1.00 bits per heavy atom. The van der Waals surface area contributed by atoms with Crippen LogP contribution >= 0.6 is 0 Å². The average Bonchev–Trinajstić information content (AvgIpc) is 3.42. The standard InChI is InChI=1S/C28H26N4O2/c1-2-6-20(7-3-1)14-26(27-18-33-19-34-27)32-13-11-24-22(17-32)10-12-29-28(24)31-23-15-21-8-4-5-9-25(21)30-16-23/h1-10,12,15-16,18,26H,11,13-14,17,19H2,(H,29,31). The van der Waals surface area contributed by atoms with Crippen LogP contribution in [0, 0.1) is 0 Å². The highest BCUT2D eigenvalue weighted by atomic mass is 16.7. The molecular weight excluding hydrogens is 424 g/mol. The monoisotopic (exact) mass is 450 g/mol. The molecule has 2 aliphatic heterocycles. The molecule has 6 rings (SSSR count). The molecule has 0 radical (unpaired) electrons. The van der Waals surface area contributed by atoms with Gasteiger partial charge in [0.05, 0.1) is 23.4 Å². The van der Waals surface area contributed by atoms with Gasteiger partial charge in [-0.1, -0.05) is 48.5 Å². The number of anilines is 2. The molecule has 1 N–H and O–H groups in total. The molecular formula is C28H26N4O2. The molecule has 0 spiro atoms. The molecule has 4 heterocycles. The Balaban J connectivity index is 1.25. The number of fused-ring (bicyclic) bond motifs is 2. The first-order valence-electron chi connectivity index (χ1n) is 11.6. The zero-order valence-electron chi connectivity index (χ0n) is 18.9. The quantitative estimate of drug-likeness (QED) is 0.436. The summed E-state index contributed by atoms with van der Waals surface area (Å²) in [6.45, 7) is 2.05. The number of nitrogens with one attached hydrogen (secondary N) is 1. The van der Waals surface area contributed by atoms with Crippen molar-refractivity contribution in [3.8, 4) is 0 Å². The highest BCUT2D eigenvalue weighted by Gasteiger charge is 2.30. The third kappa shape index (κ3) is 4.20. The van der Waals surface area contributed by atoms with E-state index in [0.29, 0.717) is 6.79 Å². The topological polar surface area (TPSA) is 59.5 Å². The molecule has 0 aliphatic carbocycles. The van der Waals surface area contributed by atoms with Crippen LogP contribution in [0.1, 0.15) is 16.7 Å². The van der Waals surface area contributed by atoms with Crippen LogP contribution in [0.4, 0.5) is 11.5 Å². The number of pyridine rings is 2.